The van der Waals surface area contributed by atoms with Gasteiger partial charge in [0.25, 0.3) is 0 Å². The molecule has 0 aromatic heterocycles. The molecule has 0 spiro atoms. The normalized spacial score (nSPS) is 19.4. The van der Waals surface area contributed by atoms with Crippen molar-refractivity contribution >= 4 is 44.6 Å². The molecule has 2 amide bonds. The standard InChI is InChI=1S/C23H25ClN2O5S/c1-31-21-11-6-16(24)13-20(21)26-14-15(12-22(26)27)23(28)25-17-7-9-19(10-8-17)32(29,30)18-4-2-3-5-18/h6-11,13,15,18H,2-5,12,14H2,1H3,(H,25,28). The van der Waals surface area contributed by atoms with E-state index in [-0.39, 0.29) is 34.9 Å². The third-order valence-electron chi connectivity index (χ3n) is 6.12. The van der Waals surface area contributed by atoms with E-state index >= 15 is 0 Å². The van der Waals surface area contributed by atoms with E-state index in [1.807, 2.05) is 0 Å². The van der Waals surface area contributed by atoms with Gasteiger partial charge in [-0.2, -0.15) is 0 Å². The Morgan fingerprint density at radius 1 is 1.12 bits per heavy atom. The number of rotatable bonds is 6. The van der Waals surface area contributed by atoms with Crippen molar-refractivity contribution in [1.29, 1.82) is 0 Å². The minimum absolute atomic E-state index is 0.0651. The van der Waals surface area contributed by atoms with Crippen molar-refractivity contribution in [3.63, 3.8) is 0 Å². The number of nitrogens with zero attached hydrogens (tertiary/aromatic N) is 1. The first-order valence-electron chi connectivity index (χ1n) is 10.6. The topological polar surface area (TPSA) is 92.8 Å². The van der Waals surface area contributed by atoms with E-state index in [0.29, 0.717) is 35.0 Å². The number of hydrogen-bond acceptors (Lipinski definition) is 5. The number of benzene rings is 2. The minimum atomic E-state index is -3.34. The van der Waals surface area contributed by atoms with Crippen LogP contribution in [0.25, 0.3) is 0 Å². The van der Waals surface area contributed by atoms with Crippen LogP contribution in [0.1, 0.15) is 32.1 Å². The summed E-state index contributed by atoms with van der Waals surface area (Å²) in [6.07, 6.45) is 3.34. The molecule has 2 aromatic rings. The lowest BCUT2D eigenvalue weighted by molar-refractivity contribution is -0.122. The Bertz CT molecular complexity index is 1130. The predicted molar refractivity (Wildman–Crippen MR) is 123 cm³/mol. The van der Waals surface area contributed by atoms with Crippen LogP contribution in [0.3, 0.4) is 0 Å². The van der Waals surface area contributed by atoms with E-state index in [9.17, 15) is 18.0 Å². The van der Waals surface area contributed by atoms with E-state index in [1.54, 1.807) is 30.3 Å². The maximum atomic E-state index is 12.8. The lowest BCUT2D eigenvalue weighted by Gasteiger charge is -2.20. The molecule has 2 fully saturated rings. The fourth-order valence-electron chi connectivity index (χ4n) is 4.35. The summed E-state index contributed by atoms with van der Waals surface area (Å²) in [5.41, 5.74) is 1.02. The fourth-order valence-corrected chi connectivity index (χ4v) is 6.37. The van der Waals surface area contributed by atoms with Gasteiger partial charge in [0.15, 0.2) is 9.84 Å². The molecule has 1 aliphatic carbocycles. The highest BCUT2D eigenvalue weighted by atomic mass is 35.5. The first-order chi connectivity index (χ1) is 15.3. The van der Waals surface area contributed by atoms with Crippen LogP contribution in [-0.4, -0.2) is 39.1 Å². The summed E-state index contributed by atoms with van der Waals surface area (Å²) in [5, 5.41) is 2.94. The number of carbonyl (C=O) groups excluding carboxylic acids is 2. The van der Waals surface area contributed by atoms with Gasteiger partial charge in [-0.1, -0.05) is 24.4 Å². The summed E-state index contributed by atoms with van der Waals surface area (Å²) in [5.74, 6) is -0.534. The van der Waals surface area contributed by atoms with Crippen LogP contribution in [0, 0.1) is 5.92 Å². The molecular weight excluding hydrogens is 452 g/mol. The maximum absolute atomic E-state index is 12.8. The third kappa shape index (κ3) is 4.47. The number of halogens is 1. The zero-order valence-electron chi connectivity index (χ0n) is 17.7. The van der Waals surface area contributed by atoms with Crippen LogP contribution in [-0.2, 0) is 19.4 Å². The van der Waals surface area contributed by atoms with Gasteiger partial charge in [0.1, 0.15) is 5.75 Å². The Balaban J connectivity index is 1.43. The number of hydrogen-bond donors (Lipinski definition) is 1. The van der Waals surface area contributed by atoms with E-state index in [2.05, 4.69) is 5.32 Å². The van der Waals surface area contributed by atoms with Crippen molar-refractivity contribution in [2.45, 2.75) is 42.2 Å². The zero-order chi connectivity index (χ0) is 22.9. The van der Waals surface area contributed by atoms with Gasteiger partial charge in [0.05, 0.1) is 28.9 Å². The predicted octanol–water partition coefficient (Wildman–Crippen LogP) is 4.06. The lowest BCUT2D eigenvalue weighted by Crippen LogP contribution is -2.28. The summed E-state index contributed by atoms with van der Waals surface area (Å²) >= 11 is 6.08. The molecule has 1 saturated heterocycles. The smallest absolute Gasteiger partial charge is 0.229 e. The average molecular weight is 477 g/mol. The molecule has 1 aliphatic heterocycles. The van der Waals surface area contributed by atoms with E-state index in [0.717, 1.165) is 12.8 Å². The van der Waals surface area contributed by atoms with Crippen molar-refractivity contribution < 1.29 is 22.7 Å². The quantitative estimate of drug-likeness (QED) is 0.678. The number of methoxy groups -OCH3 is 1. The van der Waals surface area contributed by atoms with Crippen molar-refractivity contribution in [1.82, 2.24) is 0 Å². The average Bonchev–Trinajstić information content (AvgIpc) is 3.44. The van der Waals surface area contributed by atoms with Gasteiger partial charge in [-0.05, 0) is 55.3 Å². The van der Waals surface area contributed by atoms with Crippen molar-refractivity contribution in [2.75, 3.05) is 23.9 Å². The molecule has 32 heavy (non-hydrogen) atoms. The molecule has 0 radical (unpaired) electrons. The number of carbonyl (C=O) groups is 2. The highest BCUT2D eigenvalue weighted by Crippen LogP contribution is 2.35. The van der Waals surface area contributed by atoms with Crippen LogP contribution in [0.2, 0.25) is 5.02 Å². The molecule has 1 saturated carbocycles. The van der Waals surface area contributed by atoms with Crippen molar-refractivity contribution in [3.8, 4) is 5.75 Å². The SMILES string of the molecule is COc1ccc(Cl)cc1N1CC(C(=O)Nc2ccc(S(=O)(=O)C3CCCC3)cc2)CC1=O. The minimum Gasteiger partial charge on any atom is -0.495 e. The molecule has 0 bridgehead atoms. The second-order valence-corrected chi connectivity index (χ2v) is 10.9. The van der Waals surface area contributed by atoms with Crippen LogP contribution in [0.15, 0.2) is 47.4 Å². The summed E-state index contributed by atoms with van der Waals surface area (Å²) < 4.78 is 30.7. The number of amides is 2. The largest absolute Gasteiger partial charge is 0.495 e. The number of anilines is 2. The number of ether oxygens (including phenoxy) is 1. The molecule has 1 heterocycles. The second-order valence-electron chi connectivity index (χ2n) is 8.19. The Kier molecular flexibility index (Phi) is 6.44. The van der Waals surface area contributed by atoms with Gasteiger partial charge in [0, 0.05) is 23.7 Å². The second kappa shape index (κ2) is 9.11. The third-order valence-corrected chi connectivity index (χ3v) is 8.63. The van der Waals surface area contributed by atoms with E-state index in [4.69, 9.17) is 16.3 Å². The molecule has 7 nitrogen and oxygen atoms in total. The Morgan fingerprint density at radius 3 is 2.47 bits per heavy atom. The Labute approximate surface area is 192 Å². The highest BCUT2D eigenvalue weighted by Gasteiger charge is 2.36. The first kappa shape index (κ1) is 22.6. The van der Waals surface area contributed by atoms with Crippen molar-refractivity contribution in [2.24, 2.45) is 5.92 Å². The Morgan fingerprint density at radius 2 is 1.81 bits per heavy atom. The molecule has 170 valence electrons. The van der Waals surface area contributed by atoms with Crippen LogP contribution in [0.5, 0.6) is 5.75 Å². The molecule has 1 atom stereocenters. The van der Waals surface area contributed by atoms with Gasteiger partial charge < -0.3 is 15.0 Å². The summed E-state index contributed by atoms with van der Waals surface area (Å²) in [7, 11) is -1.83. The molecule has 1 N–H and O–H groups in total. The highest BCUT2D eigenvalue weighted by molar-refractivity contribution is 7.92. The molecular formula is C23H25ClN2O5S. The Hall–Kier alpha value is -2.58. The van der Waals surface area contributed by atoms with Gasteiger partial charge >= 0.3 is 0 Å². The summed E-state index contributed by atoms with van der Waals surface area (Å²) in [6.45, 7) is 0.204. The first-order valence-corrected chi connectivity index (χ1v) is 12.5. The lowest BCUT2D eigenvalue weighted by atomic mass is 10.1. The molecule has 9 heteroatoms. The van der Waals surface area contributed by atoms with Crippen LogP contribution >= 0.6 is 11.6 Å². The van der Waals surface area contributed by atoms with Gasteiger partial charge in [-0.15, -0.1) is 0 Å². The van der Waals surface area contributed by atoms with E-state index < -0.39 is 15.8 Å². The summed E-state index contributed by atoms with van der Waals surface area (Å²) in [4.78, 5) is 27.1. The van der Waals surface area contributed by atoms with Crippen LogP contribution in [0.4, 0.5) is 11.4 Å². The molecule has 2 aliphatic rings. The van der Waals surface area contributed by atoms with Gasteiger partial charge in [-0.3, -0.25) is 9.59 Å². The zero-order valence-corrected chi connectivity index (χ0v) is 19.3. The number of nitrogens with one attached hydrogen (secondary N) is 1. The van der Waals surface area contributed by atoms with Gasteiger partial charge in [-0.25, -0.2) is 8.42 Å². The van der Waals surface area contributed by atoms with Crippen molar-refractivity contribution in [3.05, 3.63) is 47.5 Å². The maximum Gasteiger partial charge on any atom is 0.229 e. The molecule has 4 rings (SSSR count). The summed E-state index contributed by atoms with van der Waals surface area (Å²) in [6, 6.07) is 11.2. The number of sulfone groups is 1. The fraction of sp³-hybridized carbons (Fsp3) is 0.391. The van der Waals surface area contributed by atoms with E-state index in [1.165, 1.54) is 24.1 Å². The monoisotopic (exact) mass is 476 g/mol. The molecule has 1 unspecified atom stereocenters. The van der Waals surface area contributed by atoms with Gasteiger partial charge in [0.2, 0.25) is 11.8 Å². The molecule has 2 aromatic carbocycles. The van der Waals surface area contributed by atoms with Crippen LogP contribution < -0.4 is 15.0 Å².